The Morgan fingerprint density at radius 2 is 1.62 bits per heavy atom. The average Bonchev–Trinajstić information content (AvgIpc) is 2.38. The summed E-state index contributed by atoms with van der Waals surface area (Å²) in [5.41, 5.74) is -1.06. The maximum atomic E-state index is 13.6. The highest BCUT2D eigenvalue weighted by molar-refractivity contribution is 6.03. The van der Waals surface area contributed by atoms with Crippen molar-refractivity contribution in [1.29, 1.82) is 5.26 Å². The number of hydrogen-bond donors (Lipinski definition) is 0. The summed E-state index contributed by atoms with van der Waals surface area (Å²) in [5, 5.41) is 9.03. The Morgan fingerprint density at radius 3 is 2.14 bits per heavy atom. The van der Waals surface area contributed by atoms with Crippen LogP contribution in [0.15, 0.2) is 36.4 Å². The zero-order valence-electron chi connectivity index (χ0n) is 10.4. The molecule has 0 saturated heterocycles. The molecular formula is C15H7F4NO. The van der Waals surface area contributed by atoms with Crippen molar-refractivity contribution >= 4 is 5.78 Å². The Hall–Kier alpha value is -2.68. The van der Waals surface area contributed by atoms with Crippen LogP contribution in [0.2, 0.25) is 0 Å². The predicted octanol–water partition coefficient (Wildman–Crippen LogP) is 3.73. The SMILES string of the molecule is N#CC(C(=O)c1c(F)cc(F)cc1F)c1cccc(F)c1. The molecule has 0 heterocycles. The number of Topliss-reactive ketones (excluding diaryl/α,β-unsaturated/α-hetero) is 1. The van der Waals surface area contributed by atoms with Crippen LogP contribution in [0, 0.1) is 34.6 Å². The number of benzene rings is 2. The Bertz CT molecular complexity index is 729. The molecule has 0 spiro atoms. The lowest BCUT2D eigenvalue weighted by Crippen LogP contribution is -2.15. The fourth-order valence-corrected chi connectivity index (χ4v) is 1.89. The average molecular weight is 293 g/mol. The molecule has 1 unspecified atom stereocenters. The van der Waals surface area contributed by atoms with E-state index in [1.54, 1.807) is 6.07 Å². The molecule has 106 valence electrons. The van der Waals surface area contributed by atoms with Crippen LogP contribution in [-0.2, 0) is 0 Å². The number of hydrogen-bond acceptors (Lipinski definition) is 2. The molecule has 0 fully saturated rings. The summed E-state index contributed by atoms with van der Waals surface area (Å²) in [6.07, 6.45) is 0. The minimum atomic E-state index is -1.59. The first-order valence-corrected chi connectivity index (χ1v) is 5.78. The molecule has 0 N–H and O–H groups in total. The quantitative estimate of drug-likeness (QED) is 0.639. The van der Waals surface area contributed by atoms with E-state index in [-0.39, 0.29) is 5.56 Å². The number of halogens is 4. The molecule has 0 amide bonds. The van der Waals surface area contributed by atoms with Crippen molar-refractivity contribution in [2.45, 2.75) is 5.92 Å². The van der Waals surface area contributed by atoms with Gasteiger partial charge in [-0.05, 0) is 17.7 Å². The molecular weight excluding hydrogens is 286 g/mol. The number of ketones is 1. The van der Waals surface area contributed by atoms with E-state index in [1.165, 1.54) is 12.1 Å². The lowest BCUT2D eigenvalue weighted by Gasteiger charge is -2.10. The highest BCUT2D eigenvalue weighted by atomic mass is 19.1. The zero-order valence-corrected chi connectivity index (χ0v) is 10.4. The van der Waals surface area contributed by atoms with Gasteiger partial charge < -0.3 is 0 Å². The minimum Gasteiger partial charge on any atom is -0.292 e. The molecule has 0 radical (unpaired) electrons. The molecule has 2 rings (SSSR count). The molecule has 0 aliphatic rings. The third-order valence-electron chi connectivity index (χ3n) is 2.83. The molecule has 0 aliphatic carbocycles. The lowest BCUT2D eigenvalue weighted by atomic mass is 9.91. The van der Waals surface area contributed by atoms with Crippen LogP contribution in [-0.4, -0.2) is 5.78 Å². The maximum absolute atomic E-state index is 13.6. The van der Waals surface area contributed by atoms with Crippen molar-refractivity contribution in [2.24, 2.45) is 0 Å². The van der Waals surface area contributed by atoms with Gasteiger partial charge in [0.2, 0.25) is 0 Å². The molecule has 0 aliphatic heterocycles. The number of nitrogens with zero attached hydrogens (tertiary/aromatic N) is 1. The first-order chi connectivity index (χ1) is 9.93. The van der Waals surface area contributed by atoms with E-state index in [9.17, 15) is 22.4 Å². The van der Waals surface area contributed by atoms with E-state index < -0.39 is 40.5 Å². The number of carbonyl (C=O) groups excluding carboxylic acids is 1. The fraction of sp³-hybridized carbons (Fsp3) is 0.0667. The van der Waals surface area contributed by atoms with E-state index >= 15 is 0 Å². The molecule has 2 nitrogen and oxygen atoms in total. The largest absolute Gasteiger partial charge is 0.292 e. The fourth-order valence-electron chi connectivity index (χ4n) is 1.89. The van der Waals surface area contributed by atoms with Crippen molar-refractivity contribution in [1.82, 2.24) is 0 Å². The highest BCUT2D eigenvalue weighted by Crippen LogP contribution is 2.25. The second kappa shape index (κ2) is 5.75. The third-order valence-corrected chi connectivity index (χ3v) is 2.83. The monoisotopic (exact) mass is 293 g/mol. The maximum Gasteiger partial charge on any atom is 0.190 e. The van der Waals surface area contributed by atoms with Gasteiger partial charge in [-0.25, -0.2) is 17.6 Å². The second-order valence-corrected chi connectivity index (χ2v) is 4.23. The van der Waals surface area contributed by atoms with Crippen molar-refractivity contribution in [3.63, 3.8) is 0 Å². The predicted molar refractivity (Wildman–Crippen MR) is 65.4 cm³/mol. The Labute approximate surface area is 117 Å². The van der Waals surface area contributed by atoms with E-state index in [0.717, 1.165) is 12.1 Å². The molecule has 6 heteroatoms. The summed E-state index contributed by atoms with van der Waals surface area (Å²) >= 11 is 0. The van der Waals surface area contributed by atoms with Gasteiger partial charge >= 0.3 is 0 Å². The highest BCUT2D eigenvalue weighted by Gasteiger charge is 2.28. The van der Waals surface area contributed by atoms with Crippen LogP contribution in [0.25, 0.3) is 0 Å². The van der Waals surface area contributed by atoms with Gasteiger partial charge in [-0.1, -0.05) is 12.1 Å². The molecule has 2 aromatic carbocycles. The van der Waals surface area contributed by atoms with Gasteiger partial charge in [-0.2, -0.15) is 5.26 Å². The minimum absolute atomic E-state index is 0.0365. The van der Waals surface area contributed by atoms with Crippen LogP contribution in [0.4, 0.5) is 17.6 Å². The van der Waals surface area contributed by atoms with Crippen LogP contribution in [0.1, 0.15) is 21.8 Å². The summed E-state index contributed by atoms with van der Waals surface area (Å²) in [7, 11) is 0. The van der Waals surface area contributed by atoms with Crippen LogP contribution < -0.4 is 0 Å². The number of carbonyl (C=O) groups is 1. The van der Waals surface area contributed by atoms with Crippen LogP contribution in [0.5, 0.6) is 0 Å². The molecule has 2 aromatic rings. The summed E-state index contributed by atoms with van der Waals surface area (Å²) in [5.74, 6) is -7.47. The second-order valence-electron chi connectivity index (χ2n) is 4.23. The first kappa shape index (κ1) is 14.7. The first-order valence-electron chi connectivity index (χ1n) is 5.78. The van der Waals surface area contributed by atoms with E-state index in [4.69, 9.17) is 5.26 Å². The van der Waals surface area contributed by atoms with Gasteiger partial charge in [0.25, 0.3) is 0 Å². The standard InChI is InChI=1S/C15H7F4NO/c16-9-3-1-2-8(4-9)11(7-20)15(21)14-12(18)5-10(17)6-13(14)19/h1-6,11H. The third kappa shape index (κ3) is 2.92. The lowest BCUT2D eigenvalue weighted by molar-refractivity contribution is 0.0970. The smallest absolute Gasteiger partial charge is 0.190 e. The topological polar surface area (TPSA) is 40.9 Å². The van der Waals surface area contributed by atoms with Crippen molar-refractivity contribution in [3.8, 4) is 6.07 Å². The summed E-state index contributed by atoms with van der Waals surface area (Å²) in [6.45, 7) is 0. The van der Waals surface area contributed by atoms with Crippen molar-refractivity contribution in [2.75, 3.05) is 0 Å². The molecule has 0 aromatic heterocycles. The van der Waals surface area contributed by atoms with E-state index in [0.29, 0.717) is 12.1 Å². The van der Waals surface area contributed by atoms with Gasteiger partial charge in [-0.3, -0.25) is 4.79 Å². The normalized spacial score (nSPS) is 11.8. The zero-order chi connectivity index (χ0) is 15.6. The Morgan fingerprint density at radius 1 is 1.00 bits per heavy atom. The van der Waals surface area contributed by atoms with E-state index in [1.807, 2.05) is 0 Å². The van der Waals surface area contributed by atoms with E-state index in [2.05, 4.69) is 0 Å². The number of nitriles is 1. The Balaban J connectivity index is 2.50. The molecule has 0 saturated carbocycles. The van der Waals surface area contributed by atoms with Gasteiger partial charge in [0.1, 0.15) is 29.2 Å². The summed E-state index contributed by atoms with van der Waals surface area (Å²) < 4.78 is 53.1. The van der Waals surface area contributed by atoms with Gasteiger partial charge in [0.15, 0.2) is 5.78 Å². The molecule has 1 atom stereocenters. The van der Waals surface area contributed by atoms with Gasteiger partial charge in [0, 0.05) is 12.1 Å². The van der Waals surface area contributed by atoms with Crippen LogP contribution >= 0.6 is 0 Å². The Kier molecular flexibility index (Phi) is 4.03. The summed E-state index contributed by atoms with van der Waals surface area (Å²) in [4.78, 5) is 12.1. The van der Waals surface area contributed by atoms with Crippen molar-refractivity contribution < 1.29 is 22.4 Å². The number of rotatable bonds is 3. The van der Waals surface area contributed by atoms with Crippen LogP contribution in [0.3, 0.4) is 0 Å². The summed E-state index contributed by atoms with van der Waals surface area (Å²) in [6, 6.07) is 6.83. The van der Waals surface area contributed by atoms with Gasteiger partial charge in [0.05, 0.1) is 11.6 Å². The van der Waals surface area contributed by atoms with Crippen molar-refractivity contribution in [3.05, 3.63) is 70.8 Å². The van der Waals surface area contributed by atoms with Gasteiger partial charge in [-0.15, -0.1) is 0 Å². The molecule has 21 heavy (non-hydrogen) atoms. The molecule has 0 bridgehead atoms.